The molecule has 1 saturated carbocycles. The molecule has 0 radical (unpaired) electrons. The van der Waals surface area contributed by atoms with Gasteiger partial charge in [-0.25, -0.2) is 0 Å². The summed E-state index contributed by atoms with van der Waals surface area (Å²) in [6.07, 6.45) is 6.32. The second kappa shape index (κ2) is 3.04. The van der Waals surface area contributed by atoms with E-state index >= 15 is 0 Å². The lowest BCUT2D eigenvalue weighted by Gasteiger charge is -2.09. The Hall–Kier alpha value is -1.41. The number of benzene rings is 1. The zero-order valence-electron chi connectivity index (χ0n) is 8.48. The Morgan fingerprint density at radius 3 is 2.93 bits per heavy atom. The minimum Gasteiger partial charge on any atom is -0.390 e. The summed E-state index contributed by atoms with van der Waals surface area (Å²) in [5, 5.41) is 12.3. The van der Waals surface area contributed by atoms with Gasteiger partial charge in [-0.3, -0.25) is 4.98 Å². The van der Waals surface area contributed by atoms with Crippen LogP contribution in [0.2, 0.25) is 0 Å². The van der Waals surface area contributed by atoms with E-state index in [1.54, 1.807) is 6.20 Å². The zero-order chi connectivity index (χ0) is 10.3. The Kier molecular flexibility index (Phi) is 1.80. The van der Waals surface area contributed by atoms with Crippen molar-refractivity contribution < 1.29 is 5.11 Å². The Labute approximate surface area is 88.6 Å². The first-order valence-corrected chi connectivity index (χ1v) is 5.31. The topological polar surface area (TPSA) is 33.1 Å². The van der Waals surface area contributed by atoms with Crippen molar-refractivity contribution in [2.24, 2.45) is 0 Å². The summed E-state index contributed by atoms with van der Waals surface area (Å²) in [5.74, 6) is 0. The van der Waals surface area contributed by atoms with Gasteiger partial charge in [0, 0.05) is 24.2 Å². The molecule has 1 aliphatic rings. The largest absolute Gasteiger partial charge is 0.390 e. The van der Waals surface area contributed by atoms with Crippen molar-refractivity contribution in [1.82, 2.24) is 4.98 Å². The number of pyridine rings is 1. The third-order valence-electron chi connectivity index (χ3n) is 3.12. The first-order chi connectivity index (χ1) is 7.27. The summed E-state index contributed by atoms with van der Waals surface area (Å²) < 4.78 is 0. The molecular formula is C13H13NO. The van der Waals surface area contributed by atoms with Gasteiger partial charge in [-0.15, -0.1) is 0 Å². The number of nitrogens with zero attached hydrogens (tertiary/aromatic N) is 1. The number of fused-ring (bicyclic) bond motifs is 1. The normalized spacial score (nSPS) is 17.9. The minimum atomic E-state index is -0.426. The summed E-state index contributed by atoms with van der Waals surface area (Å²) in [6.45, 7) is 0. The summed E-state index contributed by atoms with van der Waals surface area (Å²) in [7, 11) is 0. The van der Waals surface area contributed by atoms with Gasteiger partial charge in [0.1, 0.15) is 0 Å². The van der Waals surface area contributed by atoms with Crippen LogP contribution < -0.4 is 0 Å². The van der Waals surface area contributed by atoms with Gasteiger partial charge in [0.25, 0.3) is 0 Å². The van der Waals surface area contributed by atoms with Gasteiger partial charge < -0.3 is 5.11 Å². The highest BCUT2D eigenvalue weighted by atomic mass is 16.3. The van der Waals surface area contributed by atoms with Gasteiger partial charge in [0.05, 0.1) is 5.60 Å². The van der Waals surface area contributed by atoms with Gasteiger partial charge in [0.2, 0.25) is 0 Å². The number of aliphatic hydroxyl groups is 1. The molecule has 0 bridgehead atoms. The zero-order valence-corrected chi connectivity index (χ0v) is 8.48. The Morgan fingerprint density at radius 1 is 1.27 bits per heavy atom. The highest BCUT2D eigenvalue weighted by molar-refractivity contribution is 5.84. The average Bonchev–Trinajstić information content (AvgIpc) is 2.97. The van der Waals surface area contributed by atoms with Gasteiger partial charge in [-0.05, 0) is 29.9 Å². The molecule has 0 saturated heterocycles. The van der Waals surface area contributed by atoms with Crippen molar-refractivity contribution in [1.29, 1.82) is 0 Å². The molecule has 2 aromatic rings. The predicted octanol–water partition coefficient (Wildman–Crippen LogP) is 2.30. The average molecular weight is 199 g/mol. The van der Waals surface area contributed by atoms with E-state index in [4.69, 9.17) is 0 Å². The lowest BCUT2D eigenvalue weighted by atomic mass is 10.0. The van der Waals surface area contributed by atoms with Crippen molar-refractivity contribution in [3.8, 4) is 0 Å². The van der Waals surface area contributed by atoms with Crippen molar-refractivity contribution in [2.75, 3.05) is 0 Å². The van der Waals surface area contributed by atoms with Crippen LogP contribution in [0.3, 0.4) is 0 Å². The molecule has 76 valence electrons. The van der Waals surface area contributed by atoms with Crippen LogP contribution in [0.1, 0.15) is 18.4 Å². The highest BCUT2D eigenvalue weighted by Crippen LogP contribution is 2.39. The molecule has 15 heavy (non-hydrogen) atoms. The van der Waals surface area contributed by atoms with Crippen molar-refractivity contribution in [3.05, 3.63) is 42.2 Å². The molecular weight excluding hydrogens is 186 g/mol. The van der Waals surface area contributed by atoms with Gasteiger partial charge in [-0.2, -0.15) is 0 Å². The summed E-state index contributed by atoms with van der Waals surface area (Å²) in [5.41, 5.74) is 0.782. The van der Waals surface area contributed by atoms with Crippen LogP contribution in [0.4, 0.5) is 0 Å². The monoisotopic (exact) mass is 199 g/mol. The number of aromatic nitrogens is 1. The van der Waals surface area contributed by atoms with E-state index in [1.165, 1.54) is 16.3 Å². The highest BCUT2D eigenvalue weighted by Gasteiger charge is 2.40. The third-order valence-corrected chi connectivity index (χ3v) is 3.12. The predicted molar refractivity (Wildman–Crippen MR) is 59.6 cm³/mol. The molecule has 0 atom stereocenters. The second-order valence-corrected chi connectivity index (χ2v) is 4.42. The number of rotatable bonds is 2. The molecule has 1 fully saturated rings. The lowest BCUT2D eigenvalue weighted by Crippen LogP contribution is -2.10. The van der Waals surface area contributed by atoms with Crippen molar-refractivity contribution in [3.63, 3.8) is 0 Å². The summed E-state index contributed by atoms with van der Waals surface area (Å²) in [4.78, 5) is 4.14. The van der Waals surface area contributed by atoms with Crippen molar-refractivity contribution in [2.45, 2.75) is 24.9 Å². The molecule has 2 heteroatoms. The molecule has 0 amide bonds. The Morgan fingerprint density at radius 2 is 2.13 bits per heavy atom. The fourth-order valence-electron chi connectivity index (χ4n) is 2.01. The van der Waals surface area contributed by atoms with Gasteiger partial charge in [0.15, 0.2) is 0 Å². The molecule has 1 N–H and O–H groups in total. The molecule has 1 aromatic heterocycles. The summed E-state index contributed by atoms with van der Waals surface area (Å²) >= 11 is 0. The van der Waals surface area contributed by atoms with Crippen molar-refractivity contribution >= 4 is 10.8 Å². The Balaban J connectivity index is 2.09. The van der Waals surface area contributed by atoms with E-state index in [2.05, 4.69) is 17.1 Å². The summed E-state index contributed by atoms with van der Waals surface area (Å²) in [6, 6.07) is 8.22. The molecule has 1 aliphatic carbocycles. The molecule has 2 nitrogen and oxygen atoms in total. The first kappa shape index (κ1) is 8.86. The van der Waals surface area contributed by atoms with Gasteiger partial charge >= 0.3 is 0 Å². The maximum atomic E-state index is 9.92. The smallest absolute Gasteiger partial charge is 0.0690 e. The van der Waals surface area contributed by atoms with E-state index in [0.29, 0.717) is 0 Å². The molecule has 0 spiro atoms. The lowest BCUT2D eigenvalue weighted by molar-refractivity contribution is 0.151. The van der Waals surface area contributed by atoms with Crippen LogP contribution in [-0.4, -0.2) is 15.7 Å². The minimum absolute atomic E-state index is 0.426. The van der Waals surface area contributed by atoms with Crippen LogP contribution in [0.5, 0.6) is 0 Å². The standard InChI is InChI=1S/C13H13NO/c15-13(5-6-13)8-11-3-1-2-10-4-7-14-9-12(10)11/h1-4,7,9,15H,5-6,8H2. The molecule has 3 rings (SSSR count). The van der Waals surface area contributed by atoms with E-state index < -0.39 is 5.60 Å². The molecule has 0 unspecified atom stereocenters. The van der Waals surface area contributed by atoms with E-state index in [0.717, 1.165) is 19.3 Å². The molecule has 1 aromatic carbocycles. The Bertz CT molecular complexity index is 497. The molecule has 0 aliphatic heterocycles. The SMILES string of the molecule is OC1(Cc2cccc3ccncc23)CC1. The fourth-order valence-corrected chi connectivity index (χ4v) is 2.01. The quantitative estimate of drug-likeness (QED) is 0.805. The van der Waals surface area contributed by atoms with Crippen LogP contribution in [0.25, 0.3) is 10.8 Å². The van der Waals surface area contributed by atoms with E-state index in [1.807, 2.05) is 18.3 Å². The van der Waals surface area contributed by atoms with Crippen LogP contribution in [0, 0.1) is 0 Å². The van der Waals surface area contributed by atoms with Crippen LogP contribution in [-0.2, 0) is 6.42 Å². The third kappa shape index (κ3) is 1.61. The number of hydrogen-bond donors (Lipinski definition) is 1. The van der Waals surface area contributed by atoms with Gasteiger partial charge in [-0.1, -0.05) is 18.2 Å². The number of hydrogen-bond acceptors (Lipinski definition) is 2. The van der Waals surface area contributed by atoms with Crippen LogP contribution >= 0.6 is 0 Å². The van der Waals surface area contributed by atoms with Crippen LogP contribution in [0.15, 0.2) is 36.7 Å². The maximum Gasteiger partial charge on any atom is 0.0690 e. The maximum absolute atomic E-state index is 9.92. The van der Waals surface area contributed by atoms with E-state index in [-0.39, 0.29) is 0 Å². The first-order valence-electron chi connectivity index (χ1n) is 5.31. The van der Waals surface area contributed by atoms with E-state index in [9.17, 15) is 5.11 Å². The molecule has 1 heterocycles. The second-order valence-electron chi connectivity index (χ2n) is 4.42. The fraction of sp³-hybridized carbons (Fsp3) is 0.308.